The van der Waals surface area contributed by atoms with Crippen LogP contribution in [0.1, 0.15) is 12.8 Å². The molecule has 0 aliphatic carbocycles. The van der Waals surface area contributed by atoms with Gasteiger partial charge in [-0.1, -0.05) is 21.6 Å². The van der Waals surface area contributed by atoms with Gasteiger partial charge in [0.1, 0.15) is 0 Å². The number of hydrogen-bond donors (Lipinski definition) is 4. The molecule has 0 fully saturated rings. The van der Waals surface area contributed by atoms with Crippen LogP contribution in [-0.2, 0) is 9.59 Å². The summed E-state index contributed by atoms with van der Waals surface area (Å²) >= 11 is 0. The third-order valence-electron chi connectivity index (χ3n) is 2.17. The number of amidine groups is 2. The minimum Gasteiger partial charge on any atom is -0.352 e. The highest BCUT2D eigenvalue weighted by molar-refractivity contribution is 8.76. The van der Waals surface area contributed by atoms with E-state index in [1.165, 1.54) is 7.05 Å². The van der Waals surface area contributed by atoms with Crippen LogP contribution in [0.25, 0.3) is 0 Å². The van der Waals surface area contributed by atoms with Crippen LogP contribution in [0.15, 0.2) is 10.2 Å². The maximum atomic E-state index is 11.8. The molecule has 0 saturated heterocycles. The molecule has 0 spiro atoms. The molecule has 0 bridgehead atoms. The van der Waals surface area contributed by atoms with Crippen molar-refractivity contribution in [2.24, 2.45) is 15.9 Å². The van der Waals surface area contributed by atoms with Crippen LogP contribution in [0.5, 0.6) is 0 Å². The Morgan fingerprint density at radius 2 is 1.85 bits per heavy atom. The fourth-order valence-corrected chi connectivity index (χ4v) is 3.13. The number of carbonyl (C=O) groups is 2. The largest absolute Gasteiger partial charge is 0.352 e. The van der Waals surface area contributed by atoms with Gasteiger partial charge in [-0.15, -0.1) is 5.10 Å². The first kappa shape index (κ1) is 16.8. The van der Waals surface area contributed by atoms with Gasteiger partial charge < -0.3 is 11.1 Å². The summed E-state index contributed by atoms with van der Waals surface area (Å²) in [5.41, 5.74) is 10.3. The fraction of sp³-hybridized carbons (Fsp3) is 0.600. The number of hydrazone groups is 2. The van der Waals surface area contributed by atoms with Crippen LogP contribution in [0, 0.1) is 0 Å². The average molecular weight is 318 g/mol. The summed E-state index contributed by atoms with van der Waals surface area (Å²) in [5.74, 6) is 1.40. The Hall–Kier alpha value is -1.26. The van der Waals surface area contributed by atoms with Gasteiger partial charge in [-0.2, -0.15) is 5.10 Å². The lowest BCUT2D eigenvalue weighted by Gasteiger charge is -2.12. The smallest absolute Gasteiger partial charge is 0.290 e. The van der Waals surface area contributed by atoms with Crippen molar-refractivity contribution in [3.8, 4) is 0 Å². The Morgan fingerprint density at radius 3 is 2.45 bits per heavy atom. The summed E-state index contributed by atoms with van der Waals surface area (Å²) in [5, 5.41) is 9.93. The second kappa shape index (κ2) is 9.61. The molecule has 5 N–H and O–H groups in total. The molecule has 0 saturated carbocycles. The number of nitrogens with two attached hydrogens (primary N) is 1. The molecular formula is C10H18N6O2S2. The van der Waals surface area contributed by atoms with Crippen LogP contribution < -0.4 is 21.9 Å². The maximum absolute atomic E-state index is 11.8. The summed E-state index contributed by atoms with van der Waals surface area (Å²) in [7, 11) is 4.89. The topological polar surface area (TPSA) is 121 Å². The quantitative estimate of drug-likeness (QED) is 0.326. The highest BCUT2D eigenvalue weighted by Gasteiger charge is 2.18. The molecule has 1 aliphatic rings. The predicted octanol–water partition coefficient (Wildman–Crippen LogP) is -0.758. The Morgan fingerprint density at radius 1 is 1.20 bits per heavy atom. The molecule has 8 nitrogen and oxygen atoms in total. The first-order valence-electron chi connectivity index (χ1n) is 6.06. The van der Waals surface area contributed by atoms with E-state index < -0.39 is 5.91 Å². The number of hydrogen-bond acceptors (Lipinski definition) is 9. The molecule has 0 aromatic rings. The SMILES string of the molecule is CNC(=O)C1=NNC(C(=O)CCCSSCCN)=NN1. The van der Waals surface area contributed by atoms with E-state index in [-0.39, 0.29) is 17.5 Å². The highest BCUT2D eigenvalue weighted by Crippen LogP contribution is 2.21. The van der Waals surface area contributed by atoms with Gasteiger partial charge in [-0.25, -0.2) is 0 Å². The van der Waals surface area contributed by atoms with Gasteiger partial charge in [0.05, 0.1) is 0 Å². The molecule has 1 amide bonds. The lowest BCUT2D eigenvalue weighted by Crippen LogP contribution is -2.44. The summed E-state index contributed by atoms with van der Waals surface area (Å²) < 4.78 is 0. The number of rotatable bonds is 9. The number of amides is 1. The standard InChI is InChI=1S/C10H18N6O2S2/c1-12-10(18)9-15-13-8(14-16-9)7(17)3-2-5-19-20-6-4-11/h2-6,11H2,1H3,(H,12,18)(H,13,14)(H,15,16). The normalized spacial score (nSPS) is 13.7. The van der Waals surface area contributed by atoms with E-state index in [0.717, 1.165) is 17.9 Å². The van der Waals surface area contributed by atoms with E-state index in [4.69, 9.17) is 5.73 Å². The number of nitrogens with one attached hydrogen (secondary N) is 3. The van der Waals surface area contributed by atoms with E-state index in [9.17, 15) is 9.59 Å². The lowest BCUT2D eigenvalue weighted by atomic mass is 10.2. The Kier molecular flexibility index (Phi) is 8.07. The van der Waals surface area contributed by atoms with E-state index in [2.05, 4.69) is 26.4 Å². The van der Waals surface area contributed by atoms with Gasteiger partial charge in [0.15, 0.2) is 0 Å². The van der Waals surface area contributed by atoms with Crippen LogP contribution in [-0.4, -0.2) is 48.5 Å². The predicted molar refractivity (Wildman–Crippen MR) is 83.4 cm³/mol. The number of nitrogens with zero attached hydrogens (tertiary/aromatic N) is 2. The first-order valence-corrected chi connectivity index (χ1v) is 8.55. The van der Waals surface area contributed by atoms with Gasteiger partial charge in [-0.3, -0.25) is 20.4 Å². The van der Waals surface area contributed by atoms with Crippen LogP contribution in [0.3, 0.4) is 0 Å². The van der Waals surface area contributed by atoms with Crippen molar-refractivity contribution >= 4 is 44.9 Å². The molecule has 1 heterocycles. The maximum Gasteiger partial charge on any atom is 0.290 e. The molecule has 1 rings (SSSR count). The summed E-state index contributed by atoms with van der Waals surface area (Å²) in [4.78, 5) is 23.0. The van der Waals surface area contributed by atoms with Crippen molar-refractivity contribution in [1.82, 2.24) is 16.2 Å². The first-order chi connectivity index (χ1) is 9.69. The number of Topliss-reactive ketones (excluding diaryl/α,β-unsaturated/α-hetero) is 1. The van der Waals surface area contributed by atoms with E-state index >= 15 is 0 Å². The molecular weight excluding hydrogens is 300 g/mol. The van der Waals surface area contributed by atoms with Gasteiger partial charge in [0, 0.05) is 31.5 Å². The van der Waals surface area contributed by atoms with Crippen molar-refractivity contribution in [2.45, 2.75) is 12.8 Å². The fourth-order valence-electron chi connectivity index (χ4n) is 1.19. The summed E-state index contributed by atoms with van der Waals surface area (Å²) in [6.45, 7) is 0.661. The van der Waals surface area contributed by atoms with Crippen molar-refractivity contribution in [3.05, 3.63) is 0 Å². The molecule has 112 valence electrons. The molecule has 0 radical (unpaired) electrons. The second-order valence-corrected chi connectivity index (χ2v) is 6.39. The molecule has 0 unspecified atom stereocenters. The van der Waals surface area contributed by atoms with Crippen LogP contribution in [0.2, 0.25) is 0 Å². The van der Waals surface area contributed by atoms with Gasteiger partial charge in [0.25, 0.3) is 5.91 Å². The van der Waals surface area contributed by atoms with E-state index in [1.807, 2.05) is 0 Å². The lowest BCUT2D eigenvalue weighted by molar-refractivity contribution is -0.115. The Labute approximate surface area is 125 Å². The molecule has 1 aliphatic heterocycles. The van der Waals surface area contributed by atoms with Gasteiger partial charge >= 0.3 is 0 Å². The molecule has 0 aromatic carbocycles. The second-order valence-electron chi connectivity index (χ2n) is 3.68. The van der Waals surface area contributed by atoms with Gasteiger partial charge in [0.2, 0.25) is 17.5 Å². The number of ketones is 1. The van der Waals surface area contributed by atoms with Crippen LogP contribution in [0.4, 0.5) is 0 Å². The van der Waals surface area contributed by atoms with Crippen molar-refractivity contribution in [1.29, 1.82) is 0 Å². The molecule has 0 atom stereocenters. The monoisotopic (exact) mass is 318 g/mol. The van der Waals surface area contributed by atoms with Crippen molar-refractivity contribution < 1.29 is 9.59 Å². The van der Waals surface area contributed by atoms with Crippen molar-refractivity contribution in [3.63, 3.8) is 0 Å². The summed E-state index contributed by atoms with van der Waals surface area (Å²) in [6, 6.07) is 0. The number of likely N-dealkylation sites (N-methyl/N-ethyl adjacent to an activating group) is 1. The van der Waals surface area contributed by atoms with Gasteiger partial charge in [-0.05, 0) is 6.42 Å². The zero-order chi connectivity index (χ0) is 14.8. The molecule has 10 heteroatoms. The molecule has 0 aromatic heterocycles. The van der Waals surface area contributed by atoms with Crippen molar-refractivity contribution in [2.75, 3.05) is 25.1 Å². The van der Waals surface area contributed by atoms with E-state index in [0.29, 0.717) is 13.0 Å². The number of carbonyl (C=O) groups excluding carboxylic acids is 2. The molecule has 20 heavy (non-hydrogen) atoms. The van der Waals surface area contributed by atoms with Crippen LogP contribution >= 0.6 is 21.6 Å². The third-order valence-corrected chi connectivity index (χ3v) is 4.69. The third kappa shape index (κ3) is 5.80. The summed E-state index contributed by atoms with van der Waals surface area (Å²) in [6.07, 6.45) is 1.14. The highest BCUT2D eigenvalue weighted by atomic mass is 33.1. The minimum atomic E-state index is -0.402. The van der Waals surface area contributed by atoms with E-state index in [1.54, 1.807) is 21.6 Å². The zero-order valence-corrected chi connectivity index (χ0v) is 12.8. The minimum absolute atomic E-state index is 0.0257. The Balaban J connectivity index is 2.22. The zero-order valence-electron chi connectivity index (χ0n) is 11.1. The Bertz CT molecular complexity index is 413. The average Bonchev–Trinajstić information content (AvgIpc) is 2.50.